The van der Waals surface area contributed by atoms with Crippen LogP contribution in [0.4, 0.5) is 0 Å². The third-order valence-electron chi connectivity index (χ3n) is 5.48. The number of carbonyl (C=O) groups is 1. The van der Waals surface area contributed by atoms with Crippen molar-refractivity contribution in [2.75, 3.05) is 13.1 Å². The largest absolute Gasteiger partial charge is 0.339 e. The fraction of sp³-hybridized carbons (Fsp3) is 0.286. The smallest absolute Gasteiger partial charge is 0.253 e. The van der Waals surface area contributed by atoms with Gasteiger partial charge in [0.1, 0.15) is 6.33 Å². The minimum absolute atomic E-state index is 0.0323. The van der Waals surface area contributed by atoms with E-state index in [2.05, 4.69) is 10.2 Å². The minimum Gasteiger partial charge on any atom is -0.339 e. The molecule has 0 radical (unpaired) electrons. The molecule has 162 valence electrons. The van der Waals surface area contributed by atoms with Gasteiger partial charge in [-0.3, -0.25) is 4.79 Å². The maximum Gasteiger partial charge on any atom is 0.253 e. The first-order chi connectivity index (χ1) is 14.8. The van der Waals surface area contributed by atoms with Gasteiger partial charge in [0.2, 0.25) is 15.0 Å². The predicted molar refractivity (Wildman–Crippen MR) is 119 cm³/mol. The third-order valence-corrected chi connectivity index (χ3v) is 8.44. The van der Waals surface area contributed by atoms with Crippen LogP contribution >= 0.6 is 23.2 Å². The van der Waals surface area contributed by atoms with Crippen molar-refractivity contribution < 1.29 is 13.2 Å². The zero-order valence-corrected chi connectivity index (χ0v) is 19.0. The Morgan fingerprint density at radius 3 is 2.23 bits per heavy atom. The summed E-state index contributed by atoms with van der Waals surface area (Å²) in [7, 11) is -1.97. The van der Waals surface area contributed by atoms with Crippen LogP contribution in [0.3, 0.4) is 0 Å². The van der Waals surface area contributed by atoms with Gasteiger partial charge in [0.15, 0.2) is 0 Å². The maximum absolute atomic E-state index is 12.9. The van der Waals surface area contributed by atoms with Gasteiger partial charge in [-0.1, -0.05) is 41.4 Å². The highest BCUT2D eigenvalue weighted by molar-refractivity contribution is 7.91. The van der Waals surface area contributed by atoms with Crippen molar-refractivity contribution in [3.05, 3.63) is 64.4 Å². The van der Waals surface area contributed by atoms with Gasteiger partial charge in [-0.25, -0.2) is 8.42 Å². The first kappa shape index (κ1) is 21.8. The molecule has 1 saturated heterocycles. The van der Waals surface area contributed by atoms with Crippen molar-refractivity contribution in [1.82, 2.24) is 19.7 Å². The van der Waals surface area contributed by atoms with E-state index in [1.807, 2.05) is 18.2 Å². The molecular weight excluding hydrogens is 459 g/mol. The van der Waals surface area contributed by atoms with Crippen molar-refractivity contribution >= 4 is 38.9 Å². The van der Waals surface area contributed by atoms with Crippen molar-refractivity contribution in [3.8, 4) is 11.1 Å². The van der Waals surface area contributed by atoms with Crippen LogP contribution in [0.25, 0.3) is 11.1 Å². The molecule has 0 bridgehead atoms. The number of amides is 1. The van der Waals surface area contributed by atoms with E-state index in [1.54, 1.807) is 36.2 Å². The lowest BCUT2D eigenvalue weighted by Crippen LogP contribution is -2.42. The second-order valence-corrected chi connectivity index (χ2v) is 10.4. The SMILES string of the molecule is Cn1cnnc1S(=O)(=O)C1CCN(C(=O)c2ccc(-c3ccc(Cl)c(Cl)c3)cc2)CC1. The molecule has 2 heterocycles. The zero-order valence-electron chi connectivity index (χ0n) is 16.7. The Balaban J connectivity index is 1.43. The molecule has 1 aliphatic rings. The lowest BCUT2D eigenvalue weighted by molar-refractivity contribution is 0.0725. The molecule has 0 saturated carbocycles. The number of hydrogen-bond donors (Lipinski definition) is 0. The summed E-state index contributed by atoms with van der Waals surface area (Å²) in [5.41, 5.74) is 2.38. The highest BCUT2D eigenvalue weighted by Crippen LogP contribution is 2.29. The zero-order chi connectivity index (χ0) is 22.2. The number of nitrogens with zero attached hydrogens (tertiary/aromatic N) is 4. The van der Waals surface area contributed by atoms with Gasteiger partial charge in [0.25, 0.3) is 5.91 Å². The second kappa shape index (κ2) is 8.61. The Morgan fingerprint density at radius 2 is 1.65 bits per heavy atom. The summed E-state index contributed by atoms with van der Waals surface area (Å²) in [5, 5.41) is 7.75. The van der Waals surface area contributed by atoms with E-state index >= 15 is 0 Å². The van der Waals surface area contributed by atoms with Gasteiger partial charge in [0, 0.05) is 25.7 Å². The Morgan fingerprint density at radius 1 is 1.00 bits per heavy atom. The van der Waals surface area contributed by atoms with Gasteiger partial charge < -0.3 is 9.47 Å². The van der Waals surface area contributed by atoms with Crippen LogP contribution in [0, 0.1) is 0 Å². The number of hydrogen-bond acceptors (Lipinski definition) is 5. The maximum atomic E-state index is 12.9. The van der Waals surface area contributed by atoms with E-state index in [0.717, 1.165) is 11.1 Å². The number of rotatable bonds is 4. The van der Waals surface area contributed by atoms with Crippen LogP contribution in [0.15, 0.2) is 53.9 Å². The highest BCUT2D eigenvalue weighted by Gasteiger charge is 2.35. The minimum atomic E-state index is -3.57. The fourth-order valence-corrected chi connectivity index (χ4v) is 5.75. The topological polar surface area (TPSA) is 85.2 Å². The molecule has 1 amide bonds. The van der Waals surface area contributed by atoms with Crippen molar-refractivity contribution in [2.24, 2.45) is 7.05 Å². The molecule has 0 unspecified atom stereocenters. The highest BCUT2D eigenvalue weighted by atomic mass is 35.5. The molecule has 31 heavy (non-hydrogen) atoms. The summed E-state index contributed by atoms with van der Waals surface area (Å²) in [5.74, 6) is -0.116. The predicted octanol–water partition coefficient (Wildman–Crippen LogP) is 3.87. The van der Waals surface area contributed by atoms with Gasteiger partial charge in [-0.05, 0) is 48.2 Å². The standard InChI is InChI=1S/C21H20Cl2N4O3S/c1-26-13-24-25-21(26)31(29,30)17-8-10-27(11-9-17)20(28)15-4-2-14(3-5-15)16-6-7-18(22)19(23)12-16/h2-7,12-13,17H,8-11H2,1H3. The molecule has 4 rings (SSSR count). The Labute approximate surface area is 190 Å². The molecule has 1 fully saturated rings. The fourth-order valence-electron chi connectivity index (χ4n) is 3.71. The van der Waals surface area contributed by atoms with Crippen molar-refractivity contribution in [1.29, 1.82) is 0 Å². The normalized spacial score (nSPS) is 15.3. The number of piperidine rings is 1. The van der Waals surface area contributed by atoms with E-state index in [1.165, 1.54) is 10.9 Å². The number of likely N-dealkylation sites (tertiary alicyclic amines) is 1. The number of carbonyl (C=O) groups excluding carboxylic acids is 1. The lowest BCUT2D eigenvalue weighted by Gasteiger charge is -2.31. The first-order valence-electron chi connectivity index (χ1n) is 9.70. The quantitative estimate of drug-likeness (QED) is 0.567. The monoisotopic (exact) mass is 478 g/mol. The average molecular weight is 479 g/mol. The Hall–Kier alpha value is -2.42. The average Bonchev–Trinajstić information content (AvgIpc) is 3.22. The molecule has 10 heteroatoms. The van der Waals surface area contributed by atoms with E-state index < -0.39 is 15.1 Å². The molecule has 0 atom stereocenters. The summed E-state index contributed by atoms with van der Waals surface area (Å²) in [6.45, 7) is 0.740. The van der Waals surface area contributed by atoms with E-state index in [9.17, 15) is 13.2 Å². The molecule has 1 aromatic heterocycles. The molecule has 0 N–H and O–H groups in total. The number of benzene rings is 2. The second-order valence-electron chi connectivity index (χ2n) is 7.47. The van der Waals surface area contributed by atoms with Crippen LogP contribution in [0.2, 0.25) is 10.0 Å². The van der Waals surface area contributed by atoms with E-state index in [-0.39, 0.29) is 11.1 Å². The Bertz CT molecular complexity index is 1220. The van der Waals surface area contributed by atoms with Crippen LogP contribution in [-0.4, -0.2) is 52.3 Å². The van der Waals surface area contributed by atoms with Crippen LogP contribution < -0.4 is 0 Å². The van der Waals surface area contributed by atoms with Crippen LogP contribution in [0.5, 0.6) is 0 Å². The van der Waals surface area contributed by atoms with Gasteiger partial charge in [-0.15, -0.1) is 10.2 Å². The molecule has 1 aliphatic heterocycles. The number of halogens is 2. The number of sulfone groups is 1. The van der Waals surface area contributed by atoms with Crippen molar-refractivity contribution in [3.63, 3.8) is 0 Å². The summed E-state index contributed by atoms with van der Waals surface area (Å²) in [6, 6.07) is 12.6. The summed E-state index contributed by atoms with van der Waals surface area (Å²) in [4.78, 5) is 14.6. The molecule has 0 spiro atoms. The molecular formula is C21H20Cl2N4O3S. The van der Waals surface area contributed by atoms with Crippen LogP contribution in [0.1, 0.15) is 23.2 Å². The lowest BCUT2D eigenvalue weighted by atomic mass is 10.0. The molecule has 7 nitrogen and oxygen atoms in total. The first-order valence-corrected chi connectivity index (χ1v) is 12.0. The molecule has 3 aromatic rings. The van der Waals surface area contributed by atoms with Crippen molar-refractivity contribution in [2.45, 2.75) is 23.2 Å². The molecule has 2 aromatic carbocycles. The van der Waals surface area contributed by atoms with Crippen LogP contribution in [-0.2, 0) is 16.9 Å². The number of aromatic nitrogens is 3. The van der Waals surface area contributed by atoms with E-state index in [4.69, 9.17) is 23.2 Å². The summed E-state index contributed by atoms with van der Waals surface area (Å²) >= 11 is 12.1. The van der Waals surface area contributed by atoms with E-state index in [0.29, 0.717) is 41.5 Å². The van der Waals surface area contributed by atoms with Gasteiger partial charge >= 0.3 is 0 Å². The van der Waals surface area contributed by atoms with Gasteiger partial charge in [0.05, 0.1) is 15.3 Å². The third kappa shape index (κ3) is 4.33. The molecule has 0 aliphatic carbocycles. The summed E-state index contributed by atoms with van der Waals surface area (Å²) < 4.78 is 27.0. The Kier molecular flexibility index (Phi) is 6.05. The summed E-state index contributed by atoms with van der Waals surface area (Å²) in [6.07, 6.45) is 2.10. The van der Waals surface area contributed by atoms with Gasteiger partial charge in [-0.2, -0.15) is 0 Å². The number of aryl methyl sites for hydroxylation is 1.